The van der Waals surface area contributed by atoms with Crippen LogP contribution >= 0.6 is 0 Å². The van der Waals surface area contributed by atoms with Crippen molar-refractivity contribution in [3.63, 3.8) is 0 Å². The average molecular weight is 338 g/mol. The summed E-state index contributed by atoms with van der Waals surface area (Å²) in [5, 5.41) is 8.30. The lowest BCUT2D eigenvalue weighted by Gasteiger charge is -2.27. The molecule has 9 heteroatoms. The Morgan fingerprint density at radius 2 is 2.09 bits per heavy atom. The summed E-state index contributed by atoms with van der Waals surface area (Å²) in [5.41, 5.74) is 1.45. The predicted molar refractivity (Wildman–Crippen MR) is 87.7 cm³/mol. The number of hydrogen-bond acceptors (Lipinski definition) is 6. The number of aryl methyl sites for hydroxylation is 2. The Balaban J connectivity index is 1.70. The molecule has 0 amide bonds. The van der Waals surface area contributed by atoms with Crippen molar-refractivity contribution in [1.29, 1.82) is 0 Å². The van der Waals surface area contributed by atoms with E-state index in [1.54, 1.807) is 17.8 Å². The first kappa shape index (κ1) is 16.3. The molecule has 0 bridgehead atoms. The van der Waals surface area contributed by atoms with E-state index in [1.165, 1.54) is 6.20 Å². The molecule has 1 fully saturated rings. The second kappa shape index (κ2) is 6.52. The van der Waals surface area contributed by atoms with Gasteiger partial charge in [-0.05, 0) is 13.0 Å². The standard InChI is InChI=1S/C14H22N6O2S/c1-11-13-9-12(10-16-14(13)19(2)18-11)23(21,22)17-5-8-20-6-3-15-4-7-20/h9-10,15,17H,3-8H2,1-2H3. The number of fused-ring (bicyclic) bond motifs is 1. The van der Waals surface area contributed by atoms with Crippen LogP contribution in [0.3, 0.4) is 0 Å². The summed E-state index contributed by atoms with van der Waals surface area (Å²) < 4.78 is 29.2. The molecule has 126 valence electrons. The van der Waals surface area contributed by atoms with Gasteiger partial charge in [0, 0.05) is 57.9 Å². The molecule has 0 aromatic carbocycles. The molecule has 0 aliphatic carbocycles. The second-order valence-corrected chi connectivity index (χ2v) is 7.51. The lowest BCUT2D eigenvalue weighted by Crippen LogP contribution is -2.46. The average Bonchev–Trinajstić information content (AvgIpc) is 2.82. The van der Waals surface area contributed by atoms with Gasteiger partial charge in [0.05, 0.1) is 5.69 Å². The lowest BCUT2D eigenvalue weighted by molar-refractivity contribution is 0.245. The zero-order valence-corrected chi connectivity index (χ0v) is 14.2. The molecule has 0 atom stereocenters. The fourth-order valence-electron chi connectivity index (χ4n) is 2.79. The van der Waals surface area contributed by atoms with Gasteiger partial charge in [-0.15, -0.1) is 0 Å². The first-order valence-electron chi connectivity index (χ1n) is 7.69. The fraction of sp³-hybridized carbons (Fsp3) is 0.571. The highest BCUT2D eigenvalue weighted by molar-refractivity contribution is 7.89. The fourth-order valence-corrected chi connectivity index (χ4v) is 3.78. The summed E-state index contributed by atoms with van der Waals surface area (Å²) in [4.78, 5) is 6.65. The van der Waals surface area contributed by atoms with E-state index in [1.807, 2.05) is 6.92 Å². The first-order valence-corrected chi connectivity index (χ1v) is 9.18. The van der Waals surface area contributed by atoms with Crippen LogP contribution in [-0.2, 0) is 17.1 Å². The Labute approximate surface area is 135 Å². The molecule has 8 nitrogen and oxygen atoms in total. The van der Waals surface area contributed by atoms with Gasteiger partial charge < -0.3 is 5.32 Å². The Morgan fingerprint density at radius 1 is 1.35 bits per heavy atom. The Kier molecular flexibility index (Phi) is 4.62. The number of pyridine rings is 1. The molecular formula is C14H22N6O2S. The van der Waals surface area contributed by atoms with Crippen LogP contribution < -0.4 is 10.0 Å². The monoisotopic (exact) mass is 338 g/mol. The molecule has 3 rings (SSSR count). The van der Waals surface area contributed by atoms with E-state index in [0.29, 0.717) is 18.7 Å². The van der Waals surface area contributed by atoms with Crippen molar-refractivity contribution in [2.45, 2.75) is 11.8 Å². The minimum absolute atomic E-state index is 0.182. The van der Waals surface area contributed by atoms with E-state index < -0.39 is 10.0 Å². The van der Waals surface area contributed by atoms with Crippen molar-refractivity contribution in [2.24, 2.45) is 7.05 Å². The molecule has 0 spiro atoms. The Hall–Kier alpha value is -1.55. The normalized spacial score (nSPS) is 17.0. The highest BCUT2D eigenvalue weighted by Crippen LogP contribution is 2.19. The minimum atomic E-state index is -3.55. The number of rotatable bonds is 5. The molecule has 3 heterocycles. The van der Waals surface area contributed by atoms with Crippen LogP contribution in [0.2, 0.25) is 0 Å². The molecule has 2 aromatic rings. The molecule has 2 aromatic heterocycles. The third kappa shape index (κ3) is 3.52. The Bertz CT molecular complexity index is 795. The van der Waals surface area contributed by atoms with Gasteiger partial charge >= 0.3 is 0 Å². The predicted octanol–water partition coefficient (Wildman–Crippen LogP) is -0.540. The molecule has 0 unspecified atom stereocenters. The summed E-state index contributed by atoms with van der Waals surface area (Å²) in [6.45, 7) is 6.75. The Morgan fingerprint density at radius 3 is 2.83 bits per heavy atom. The maximum Gasteiger partial charge on any atom is 0.242 e. The second-order valence-electron chi connectivity index (χ2n) is 5.74. The first-order chi connectivity index (χ1) is 11.0. The molecule has 1 aliphatic heterocycles. The molecule has 0 radical (unpaired) electrons. The van der Waals surface area contributed by atoms with Crippen molar-refractivity contribution in [3.05, 3.63) is 18.0 Å². The van der Waals surface area contributed by atoms with Gasteiger partial charge in [-0.1, -0.05) is 0 Å². The molecule has 1 saturated heterocycles. The zero-order valence-electron chi connectivity index (χ0n) is 13.4. The number of hydrogen-bond donors (Lipinski definition) is 2. The highest BCUT2D eigenvalue weighted by Gasteiger charge is 2.18. The molecule has 1 aliphatic rings. The van der Waals surface area contributed by atoms with E-state index in [9.17, 15) is 8.42 Å². The maximum absolute atomic E-state index is 12.4. The molecule has 23 heavy (non-hydrogen) atoms. The lowest BCUT2D eigenvalue weighted by atomic mass is 10.3. The van der Waals surface area contributed by atoms with Crippen LogP contribution in [-0.4, -0.2) is 67.4 Å². The quantitative estimate of drug-likeness (QED) is 0.761. The van der Waals surface area contributed by atoms with E-state index in [2.05, 4.69) is 25.0 Å². The maximum atomic E-state index is 12.4. The SMILES string of the molecule is Cc1nn(C)c2ncc(S(=O)(=O)NCCN3CCNCC3)cc12. The van der Waals surface area contributed by atoms with Gasteiger partial charge in [0.1, 0.15) is 4.90 Å². The highest BCUT2D eigenvalue weighted by atomic mass is 32.2. The third-order valence-electron chi connectivity index (χ3n) is 4.08. The number of nitrogens with one attached hydrogen (secondary N) is 2. The number of aromatic nitrogens is 3. The van der Waals surface area contributed by atoms with Gasteiger partial charge in [0.2, 0.25) is 10.0 Å². The number of nitrogens with zero attached hydrogens (tertiary/aromatic N) is 4. The topological polar surface area (TPSA) is 92.1 Å². The van der Waals surface area contributed by atoms with Gasteiger partial charge in [0.25, 0.3) is 0 Å². The summed E-state index contributed by atoms with van der Waals surface area (Å²) >= 11 is 0. The van der Waals surface area contributed by atoms with Crippen LogP contribution in [0.1, 0.15) is 5.69 Å². The van der Waals surface area contributed by atoms with Crippen LogP contribution in [0.15, 0.2) is 17.2 Å². The van der Waals surface area contributed by atoms with Gasteiger partial charge in [-0.2, -0.15) is 5.10 Å². The van der Waals surface area contributed by atoms with Crippen LogP contribution in [0.4, 0.5) is 0 Å². The minimum Gasteiger partial charge on any atom is -0.314 e. The molecular weight excluding hydrogens is 316 g/mol. The van der Waals surface area contributed by atoms with Crippen molar-refractivity contribution in [1.82, 2.24) is 29.7 Å². The van der Waals surface area contributed by atoms with E-state index >= 15 is 0 Å². The molecule has 0 saturated carbocycles. The van der Waals surface area contributed by atoms with Crippen molar-refractivity contribution >= 4 is 21.1 Å². The summed E-state index contributed by atoms with van der Waals surface area (Å²) in [7, 11) is -1.76. The number of piperazine rings is 1. The van der Waals surface area contributed by atoms with Crippen molar-refractivity contribution in [3.8, 4) is 0 Å². The van der Waals surface area contributed by atoms with Gasteiger partial charge in [-0.25, -0.2) is 18.1 Å². The largest absolute Gasteiger partial charge is 0.314 e. The van der Waals surface area contributed by atoms with E-state index in [-0.39, 0.29) is 4.90 Å². The van der Waals surface area contributed by atoms with E-state index in [0.717, 1.165) is 37.3 Å². The molecule has 2 N–H and O–H groups in total. The summed E-state index contributed by atoms with van der Waals surface area (Å²) in [6, 6.07) is 1.64. The van der Waals surface area contributed by atoms with Crippen LogP contribution in [0.25, 0.3) is 11.0 Å². The van der Waals surface area contributed by atoms with Crippen LogP contribution in [0, 0.1) is 6.92 Å². The van der Waals surface area contributed by atoms with Crippen molar-refractivity contribution < 1.29 is 8.42 Å². The third-order valence-corrected chi connectivity index (χ3v) is 5.51. The van der Waals surface area contributed by atoms with E-state index in [4.69, 9.17) is 0 Å². The summed E-state index contributed by atoms with van der Waals surface area (Å²) in [6.07, 6.45) is 1.39. The zero-order chi connectivity index (χ0) is 16.4. The van der Waals surface area contributed by atoms with Crippen LogP contribution in [0.5, 0.6) is 0 Å². The van der Waals surface area contributed by atoms with Gasteiger partial charge in [0.15, 0.2) is 5.65 Å². The van der Waals surface area contributed by atoms with Crippen molar-refractivity contribution in [2.75, 3.05) is 39.3 Å². The smallest absolute Gasteiger partial charge is 0.242 e. The summed E-state index contributed by atoms with van der Waals surface area (Å²) in [5.74, 6) is 0. The van der Waals surface area contributed by atoms with Gasteiger partial charge in [-0.3, -0.25) is 9.58 Å². The number of sulfonamides is 1.